The Hall–Kier alpha value is -1.99. The summed E-state index contributed by atoms with van der Waals surface area (Å²) in [7, 11) is 0. The average Bonchev–Trinajstić information content (AvgIpc) is 3.24. The summed E-state index contributed by atoms with van der Waals surface area (Å²) in [6, 6.07) is 3.96. The zero-order valence-corrected chi connectivity index (χ0v) is 17.3. The summed E-state index contributed by atoms with van der Waals surface area (Å²) in [5, 5.41) is 4.83. The quantitative estimate of drug-likeness (QED) is 0.719. The lowest BCUT2D eigenvalue weighted by atomic mass is 10.1. The highest BCUT2D eigenvalue weighted by molar-refractivity contribution is 7.12. The molecule has 2 aromatic heterocycles. The second kappa shape index (κ2) is 8.80. The van der Waals surface area contributed by atoms with Gasteiger partial charge < -0.3 is 10.2 Å². The van der Waals surface area contributed by atoms with Gasteiger partial charge in [0.2, 0.25) is 11.8 Å². The monoisotopic (exact) mass is 404 g/mol. The van der Waals surface area contributed by atoms with Crippen molar-refractivity contribution in [3.63, 3.8) is 0 Å². The molecule has 27 heavy (non-hydrogen) atoms. The highest BCUT2D eigenvalue weighted by Crippen LogP contribution is 2.24. The van der Waals surface area contributed by atoms with Gasteiger partial charge in [0.15, 0.2) is 5.78 Å². The van der Waals surface area contributed by atoms with Gasteiger partial charge in [-0.05, 0) is 43.3 Å². The van der Waals surface area contributed by atoms with Crippen molar-refractivity contribution in [3.8, 4) is 0 Å². The summed E-state index contributed by atoms with van der Waals surface area (Å²) in [6.45, 7) is 5.62. The van der Waals surface area contributed by atoms with E-state index in [1.807, 2.05) is 24.8 Å². The van der Waals surface area contributed by atoms with E-state index in [4.69, 9.17) is 0 Å². The van der Waals surface area contributed by atoms with Gasteiger partial charge in [-0.25, -0.2) is 0 Å². The number of fused-ring (bicyclic) bond motifs is 1. The fourth-order valence-electron chi connectivity index (χ4n) is 3.29. The zero-order chi connectivity index (χ0) is 19.4. The highest BCUT2D eigenvalue weighted by Gasteiger charge is 2.21. The third kappa shape index (κ3) is 5.05. The molecule has 0 aromatic carbocycles. The second-order valence-electron chi connectivity index (χ2n) is 6.78. The number of carbonyl (C=O) groups excluding carboxylic acids is 3. The fraction of sp³-hybridized carbons (Fsp3) is 0.450. The van der Waals surface area contributed by atoms with Gasteiger partial charge in [0, 0.05) is 59.1 Å². The maximum Gasteiger partial charge on any atom is 0.224 e. The number of nitrogens with zero attached hydrogens (tertiary/aromatic N) is 1. The first kappa shape index (κ1) is 19.8. The van der Waals surface area contributed by atoms with Crippen molar-refractivity contribution in [2.24, 2.45) is 0 Å². The van der Waals surface area contributed by atoms with Crippen LogP contribution in [-0.4, -0.2) is 35.6 Å². The standard InChI is InChI=1S/C20H24N2O3S2/c1-13-11-16(14(2)27-13)17(23)3-4-19(24)21-8-5-20(25)22-9-6-18-15(12-22)7-10-26-18/h7,10-11H,3-6,8-9,12H2,1-2H3,(H,21,24). The van der Waals surface area contributed by atoms with Crippen molar-refractivity contribution >= 4 is 40.3 Å². The summed E-state index contributed by atoms with van der Waals surface area (Å²) < 4.78 is 0. The summed E-state index contributed by atoms with van der Waals surface area (Å²) in [4.78, 5) is 41.8. The van der Waals surface area contributed by atoms with E-state index in [9.17, 15) is 14.4 Å². The van der Waals surface area contributed by atoms with Gasteiger partial charge in [0.05, 0.1) is 0 Å². The lowest BCUT2D eigenvalue weighted by molar-refractivity contribution is -0.132. The van der Waals surface area contributed by atoms with Crippen LogP contribution in [0.4, 0.5) is 0 Å². The van der Waals surface area contributed by atoms with E-state index in [-0.39, 0.29) is 30.4 Å². The Labute approximate surface area is 167 Å². The molecule has 144 valence electrons. The lowest BCUT2D eigenvalue weighted by Crippen LogP contribution is -2.37. The molecule has 0 radical (unpaired) electrons. The zero-order valence-electron chi connectivity index (χ0n) is 15.7. The van der Waals surface area contributed by atoms with E-state index in [2.05, 4.69) is 16.8 Å². The molecule has 1 N–H and O–H groups in total. The van der Waals surface area contributed by atoms with Crippen LogP contribution in [-0.2, 0) is 22.6 Å². The molecule has 3 heterocycles. The van der Waals surface area contributed by atoms with Crippen LogP contribution in [0.1, 0.15) is 49.8 Å². The molecule has 7 heteroatoms. The predicted molar refractivity (Wildman–Crippen MR) is 108 cm³/mol. The van der Waals surface area contributed by atoms with Crippen LogP contribution >= 0.6 is 22.7 Å². The summed E-state index contributed by atoms with van der Waals surface area (Å²) in [5.41, 5.74) is 1.96. The lowest BCUT2D eigenvalue weighted by Gasteiger charge is -2.27. The maximum atomic E-state index is 12.3. The Morgan fingerprint density at radius 3 is 2.74 bits per heavy atom. The van der Waals surface area contributed by atoms with Crippen molar-refractivity contribution in [1.29, 1.82) is 0 Å². The first-order chi connectivity index (χ1) is 12.9. The van der Waals surface area contributed by atoms with Crippen LogP contribution in [0.25, 0.3) is 0 Å². The van der Waals surface area contributed by atoms with Crippen molar-refractivity contribution in [2.45, 2.75) is 46.1 Å². The first-order valence-electron chi connectivity index (χ1n) is 9.14. The van der Waals surface area contributed by atoms with E-state index in [0.29, 0.717) is 19.5 Å². The van der Waals surface area contributed by atoms with E-state index >= 15 is 0 Å². The second-order valence-corrected chi connectivity index (χ2v) is 9.25. The molecule has 3 rings (SSSR count). The number of aryl methyl sites for hydroxylation is 2. The molecule has 2 aromatic rings. The predicted octanol–water partition coefficient (Wildman–Crippen LogP) is 3.48. The molecular formula is C20H24N2O3S2. The Morgan fingerprint density at radius 1 is 1.19 bits per heavy atom. The number of amides is 2. The normalized spacial score (nSPS) is 13.3. The maximum absolute atomic E-state index is 12.3. The molecule has 0 saturated carbocycles. The average molecular weight is 405 g/mol. The van der Waals surface area contributed by atoms with E-state index in [0.717, 1.165) is 28.3 Å². The summed E-state index contributed by atoms with van der Waals surface area (Å²) >= 11 is 3.34. The van der Waals surface area contributed by atoms with Crippen molar-refractivity contribution in [1.82, 2.24) is 10.2 Å². The number of thiophene rings is 2. The molecule has 0 saturated heterocycles. The van der Waals surface area contributed by atoms with Crippen molar-refractivity contribution in [2.75, 3.05) is 13.1 Å². The Balaban J connectivity index is 1.36. The first-order valence-corrected chi connectivity index (χ1v) is 10.8. The van der Waals surface area contributed by atoms with E-state index in [1.165, 1.54) is 10.4 Å². The molecular weight excluding hydrogens is 380 g/mol. The van der Waals surface area contributed by atoms with Gasteiger partial charge in [0.25, 0.3) is 0 Å². The molecule has 1 aliphatic rings. The number of hydrogen-bond acceptors (Lipinski definition) is 5. The molecule has 1 aliphatic heterocycles. The van der Waals surface area contributed by atoms with Gasteiger partial charge >= 0.3 is 0 Å². The number of nitrogens with one attached hydrogen (secondary N) is 1. The molecule has 0 fully saturated rings. The Morgan fingerprint density at radius 2 is 2.00 bits per heavy atom. The summed E-state index contributed by atoms with van der Waals surface area (Å²) in [5.74, 6) is -0.116. The fourth-order valence-corrected chi connectivity index (χ4v) is 5.12. The van der Waals surface area contributed by atoms with E-state index in [1.54, 1.807) is 22.7 Å². The number of ketones is 1. The molecule has 5 nitrogen and oxygen atoms in total. The molecule has 0 atom stereocenters. The Kier molecular flexibility index (Phi) is 6.44. The van der Waals surface area contributed by atoms with Gasteiger partial charge in [0.1, 0.15) is 0 Å². The smallest absolute Gasteiger partial charge is 0.224 e. The number of carbonyl (C=O) groups is 3. The SMILES string of the molecule is Cc1cc(C(=O)CCC(=O)NCCC(=O)N2CCc3sccc3C2)c(C)s1. The number of rotatable bonds is 7. The van der Waals surface area contributed by atoms with Crippen LogP contribution in [0.3, 0.4) is 0 Å². The summed E-state index contributed by atoms with van der Waals surface area (Å²) in [6.07, 6.45) is 1.56. The highest BCUT2D eigenvalue weighted by atomic mass is 32.1. The molecule has 2 amide bonds. The topological polar surface area (TPSA) is 66.5 Å². The van der Waals surface area contributed by atoms with Crippen LogP contribution in [0.15, 0.2) is 17.5 Å². The van der Waals surface area contributed by atoms with Gasteiger partial charge in [-0.15, -0.1) is 22.7 Å². The number of Topliss-reactive ketones (excluding diaryl/α,β-unsaturated/α-hetero) is 1. The van der Waals surface area contributed by atoms with Gasteiger partial charge in [-0.1, -0.05) is 0 Å². The van der Waals surface area contributed by atoms with Crippen LogP contribution in [0.2, 0.25) is 0 Å². The van der Waals surface area contributed by atoms with Gasteiger partial charge in [-0.2, -0.15) is 0 Å². The van der Waals surface area contributed by atoms with Crippen molar-refractivity contribution < 1.29 is 14.4 Å². The Bertz CT molecular complexity index is 853. The van der Waals surface area contributed by atoms with Crippen LogP contribution < -0.4 is 5.32 Å². The van der Waals surface area contributed by atoms with Crippen molar-refractivity contribution in [3.05, 3.63) is 43.3 Å². The minimum absolute atomic E-state index is 0.00274. The molecule has 0 aliphatic carbocycles. The number of hydrogen-bond donors (Lipinski definition) is 1. The third-order valence-electron chi connectivity index (χ3n) is 4.74. The minimum Gasteiger partial charge on any atom is -0.356 e. The van der Waals surface area contributed by atoms with Gasteiger partial charge in [-0.3, -0.25) is 14.4 Å². The third-order valence-corrected chi connectivity index (χ3v) is 6.73. The molecule has 0 spiro atoms. The van der Waals surface area contributed by atoms with Crippen LogP contribution in [0, 0.1) is 13.8 Å². The molecule has 0 bridgehead atoms. The largest absolute Gasteiger partial charge is 0.356 e. The molecule has 0 unspecified atom stereocenters. The van der Waals surface area contributed by atoms with Crippen LogP contribution in [0.5, 0.6) is 0 Å². The van der Waals surface area contributed by atoms with E-state index < -0.39 is 0 Å². The minimum atomic E-state index is -0.181.